The van der Waals surface area contributed by atoms with Crippen molar-refractivity contribution in [3.05, 3.63) is 53.6 Å². The number of alkyl halides is 4. The number of aliphatic imine (C=N–C) groups is 1. The summed E-state index contributed by atoms with van der Waals surface area (Å²) in [5.74, 6) is -2.12. The molecule has 0 bridgehead atoms. The van der Waals surface area contributed by atoms with Gasteiger partial charge in [0.15, 0.2) is 24.2 Å². The van der Waals surface area contributed by atoms with Gasteiger partial charge in [0.1, 0.15) is 23.8 Å². The van der Waals surface area contributed by atoms with Crippen LogP contribution >= 0.6 is 0 Å². The Balaban J connectivity index is 1.89. The Labute approximate surface area is 179 Å². The number of aromatic nitrogens is 1. The van der Waals surface area contributed by atoms with E-state index in [4.69, 9.17) is 10.5 Å². The number of nitrogens with one attached hydrogen (secondary N) is 1. The second-order valence-corrected chi connectivity index (χ2v) is 7.14. The number of nitrogens with two attached hydrogens (primary N) is 1. The normalized spacial score (nSPS) is 21.4. The van der Waals surface area contributed by atoms with Gasteiger partial charge in [0, 0.05) is 17.4 Å². The van der Waals surface area contributed by atoms with Crippen LogP contribution in [0.15, 0.2) is 41.5 Å². The molecule has 3 N–H and O–H groups in total. The molecule has 12 heteroatoms. The fourth-order valence-electron chi connectivity index (χ4n) is 3.08. The molecular formula is C20H19F5N4O3. The van der Waals surface area contributed by atoms with E-state index in [2.05, 4.69) is 20.0 Å². The molecule has 1 aromatic carbocycles. The summed E-state index contributed by atoms with van der Waals surface area (Å²) in [4.78, 5) is 20.4. The van der Waals surface area contributed by atoms with Crippen LogP contribution in [0.3, 0.4) is 0 Å². The lowest BCUT2D eigenvalue weighted by molar-refractivity contribution is -0.153. The molecule has 0 radical (unpaired) electrons. The fourth-order valence-corrected chi connectivity index (χ4v) is 3.08. The van der Waals surface area contributed by atoms with Gasteiger partial charge in [-0.3, -0.25) is 9.79 Å². The minimum absolute atomic E-state index is 0.0265. The van der Waals surface area contributed by atoms with Gasteiger partial charge in [0.05, 0.1) is 6.61 Å². The van der Waals surface area contributed by atoms with E-state index in [9.17, 15) is 26.7 Å². The first-order valence-electron chi connectivity index (χ1n) is 9.31. The second kappa shape index (κ2) is 9.07. The highest BCUT2D eigenvalue weighted by molar-refractivity contribution is 6.04. The summed E-state index contributed by atoms with van der Waals surface area (Å²) < 4.78 is 76.5. The van der Waals surface area contributed by atoms with Gasteiger partial charge in [-0.25, -0.2) is 13.8 Å². The zero-order valence-corrected chi connectivity index (χ0v) is 16.7. The van der Waals surface area contributed by atoms with Crippen molar-refractivity contribution in [1.82, 2.24) is 4.98 Å². The molecule has 1 aliphatic heterocycles. The van der Waals surface area contributed by atoms with Crippen LogP contribution in [-0.4, -0.2) is 48.9 Å². The molecule has 32 heavy (non-hydrogen) atoms. The molecule has 3 rings (SSSR count). The van der Waals surface area contributed by atoms with Crippen LogP contribution in [0, 0.1) is 5.82 Å². The van der Waals surface area contributed by atoms with Crippen LogP contribution < -0.4 is 15.8 Å². The summed E-state index contributed by atoms with van der Waals surface area (Å²) in [5.41, 5.74) is 3.40. The van der Waals surface area contributed by atoms with Gasteiger partial charge in [-0.2, -0.15) is 13.2 Å². The molecule has 0 saturated carbocycles. The van der Waals surface area contributed by atoms with E-state index >= 15 is 0 Å². The molecule has 1 aromatic heterocycles. The Morgan fingerprint density at radius 2 is 2.12 bits per heavy atom. The van der Waals surface area contributed by atoms with Crippen LogP contribution in [-0.2, 0) is 10.3 Å². The van der Waals surface area contributed by atoms with Gasteiger partial charge in [0.25, 0.3) is 5.91 Å². The minimum Gasteiger partial charge on any atom is -0.482 e. The van der Waals surface area contributed by atoms with E-state index in [-0.39, 0.29) is 30.3 Å². The molecule has 1 amide bonds. The Hall–Kier alpha value is -3.28. The van der Waals surface area contributed by atoms with Crippen LogP contribution in [0.25, 0.3) is 0 Å². The van der Waals surface area contributed by atoms with Crippen molar-refractivity contribution in [1.29, 1.82) is 0 Å². The molecule has 172 valence electrons. The third-order valence-electron chi connectivity index (χ3n) is 4.65. The number of amidine groups is 1. The smallest absolute Gasteiger partial charge is 0.422 e. The largest absolute Gasteiger partial charge is 0.482 e. The monoisotopic (exact) mass is 458 g/mol. The summed E-state index contributed by atoms with van der Waals surface area (Å²) in [7, 11) is 0. The average molecular weight is 458 g/mol. The van der Waals surface area contributed by atoms with E-state index < -0.39 is 47.7 Å². The molecular weight excluding hydrogens is 439 g/mol. The van der Waals surface area contributed by atoms with E-state index in [1.807, 2.05) is 0 Å². The quantitative estimate of drug-likeness (QED) is 0.670. The number of hydrogen-bond donors (Lipinski definition) is 2. The lowest BCUT2D eigenvalue weighted by Crippen LogP contribution is -2.35. The third-order valence-corrected chi connectivity index (χ3v) is 4.65. The highest BCUT2D eigenvalue weighted by Crippen LogP contribution is 2.36. The first-order valence-corrected chi connectivity index (χ1v) is 9.31. The predicted molar refractivity (Wildman–Crippen MR) is 105 cm³/mol. The van der Waals surface area contributed by atoms with Crippen molar-refractivity contribution in [3.63, 3.8) is 0 Å². The number of carbonyl (C=O) groups excluding carboxylic acids is 1. The molecule has 2 unspecified atom stereocenters. The average Bonchev–Trinajstić information content (AvgIpc) is 2.85. The molecule has 2 atom stereocenters. The van der Waals surface area contributed by atoms with Crippen LogP contribution in [0.4, 0.5) is 27.6 Å². The predicted octanol–water partition coefficient (Wildman–Crippen LogP) is 3.35. The van der Waals surface area contributed by atoms with Gasteiger partial charge in [-0.1, -0.05) is 0 Å². The first kappa shape index (κ1) is 23.4. The third kappa shape index (κ3) is 5.31. The Kier molecular flexibility index (Phi) is 6.63. The Morgan fingerprint density at radius 1 is 1.38 bits per heavy atom. The number of hydrogen-bond acceptors (Lipinski definition) is 6. The van der Waals surface area contributed by atoms with Gasteiger partial charge in [0.2, 0.25) is 0 Å². The number of carbonyl (C=O) groups is 1. The number of ether oxygens (including phenoxy) is 2. The molecule has 0 fully saturated rings. The van der Waals surface area contributed by atoms with Crippen LogP contribution in [0.2, 0.25) is 0 Å². The van der Waals surface area contributed by atoms with Crippen molar-refractivity contribution >= 4 is 17.4 Å². The lowest BCUT2D eigenvalue weighted by Gasteiger charge is -2.28. The van der Waals surface area contributed by atoms with Crippen LogP contribution in [0.1, 0.15) is 23.0 Å². The second-order valence-electron chi connectivity index (χ2n) is 7.14. The Bertz CT molecular complexity index is 1030. The van der Waals surface area contributed by atoms with E-state index in [1.165, 1.54) is 31.3 Å². The summed E-state index contributed by atoms with van der Waals surface area (Å²) >= 11 is 0. The zero-order valence-electron chi connectivity index (χ0n) is 16.7. The summed E-state index contributed by atoms with van der Waals surface area (Å²) in [6.07, 6.45) is -5.15. The molecule has 1 aliphatic rings. The van der Waals surface area contributed by atoms with Crippen molar-refractivity contribution in [2.24, 2.45) is 10.7 Å². The van der Waals surface area contributed by atoms with E-state index in [0.29, 0.717) is 0 Å². The highest BCUT2D eigenvalue weighted by Gasteiger charge is 2.40. The number of rotatable bonds is 5. The minimum atomic E-state index is -4.61. The van der Waals surface area contributed by atoms with E-state index in [1.54, 1.807) is 0 Å². The van der Waals surface area contributed by atoms with E-state index in [0.717, 1.165) is 12.1 Å². The molecule has 0 aliphatic carbocycles. The summed E-state index contributed by atoms with van der Waals surface area (Å²) in [5, 5.41) is 2.40. The molecule has 7 nitrogen and oxygen atoms in total. The highest BCUT2D eigenvalue weighted by atomic mass is 19.4. The SMILES string of the molecule is CC1(c2cc(NC(=O)c3ncccc3OCC(F)(F)F)ccc2F)N=C(N)COCC1F. The maximum atomic E-state index is 14.8. The number of pyridine rings is 1. The lowest BCUT2D eigenvalue weighted by atomic mass is 9.87. The van der Waals surface area contributed by atoms with Crippen molar-refractivity contribution in [2.45, 2.75) is 24.8 Å². The van der Waals surface area contributed by atoms with Crippen molar-refractivity contribution in [2.75, 3.05) is 25.1 Å². The fraction of sp³-hybridized carbons (Fsp3) is 0.350. The van der Waals surface area contributed by atoms with Crippen molar-refractivity contribution < 1.29 is 36.2 Å². The molecule has 2 aromatic rings. The number of anilines is 1. The maximum Gasteiger partial charge on any atom is 0.422 e. The zero-order chi connectivity index (χ0) is 23.5. The van der Waals surface area contributed by atoms with Gasteiger partial charge >= 0.3 is 6.18 Å². The maximum absolute atomic E-state index is 14.8. The molecule has 0 saturated heterocycles. The van der Waals surface area contributed by atoms with Gasteiger partial charge in [-0.15, -0.1) is 0 Å². The van der Waals surface area contributed by atoms with Crippen molar-refractivity contribution in [3.8, 4) is 5.75 Å². The number of benzene rings is 1. The number of amides is 1. The first-order chi connectivity index (χ1) is 15.0. The summed E-state index contributed by atoms with van der Waals surface area (Å²) in [6.45, 7) is -0.762. The molecule has 2 heterocycles. The van der Waals surface area contributed by atoms with Gasteiger partial charge in [-0.05, 0) is 37.3 Å². The Morgan fingerprint density at radius 3 is 2.84 bits per heavy atom. The standard InChI is InChI=1S/C20H19F5N4O3/c1-19(15(22)8-31-9-16(26)29-19)12-7-11(4-5-13(12)21)28-18(30)17-14(3-2-6-27-17)32-10-20(23,24)25/h2-7,15H,8-10H2,1H3,(H2,26,29)(H,28,30). The number of nitrogens with zero attached hydrogens (tertiary/aromatic N) is 2. The number of halogens is 5. The van der Waals surface area contributed by atoms with Gasteiger partial charge < -0.3 is 20.5 Å². The summed E-state index contributed by atoms with van der Waals surface area (Å²) in [6, 6.07) is 5.83. The topological polar surface area (TPSA) is 98.8 Å². The van der Waals surface area contributed by atoms with Crippen LogP contribution in [0.5, 0.6) is 5.75 Å². The molecule has 0 spiro atoms.